The number of ether oxygens (including phenoxy) is 1. The van der Waals surface area contributed by atoms with E-state index in [9.17, 15) is 5.11 Å². The topological polar surface area (TPSA) is 32.7 Å². The summed E-state index contributed by atoms with van der Waals surface area (Å²) in [5.74, 6) is 0.846. The van der Waals surface area contributed by atoms with E-state index in [0.717, 1.165) is 12.3 Å². The summed E-state index contributed by atoms with van der Waals surface area (Å²) in [6.07, 6.45) is 3.38. The third-order valence-corrected chi connectivity index (χ3v) is 4.31. The first-order valence-corrected chi connectivity index (χ1v) is 7.68. The number of nitrogens with zero attached hydrogens (tertiary/aromatic N) is 1. The molecule has 120 valence electrons. The van der Waals surface area contributed by atoms with E-state index in [1.54, 1.807) is 0 Å². The maximum Gasteiger partial charge on any atom is 0.119 e. The molecule has 2 unspecified atom stereocenters. The van der Waals surface area contributed by atoms with Crippen LogP contribution in [0, 0.1) is 13.8 Å². The van der Waals surface area contributed by atoms with Crippen molar-refractivity contribution in [2.75, 3.05) is 19.7 Å². The minimum absolute atomic E-state index is 0. The summed E-state index contributed by atoms with van der Waals surface area (Å²) >= 11 is 0. The fourth-order valence-electron chi connectivity index (χ4n) is 2.75. The lowest BCUT2D eigenvalue weighted by Crippen LogP contribution is -2.43. The summed E-state index contributed by atoms with van der Waals surface area (Å²) in [5, 5.41) is 10.1. The van der Waals surface area contributed by atoms with E-state index in [-0.39, 0.29) is 12.4 Å². The number of halogens is 1. The van der Waals surface area contributed by atoms with Crippen molar-refractivity contribution in [3.8, 4) is 5.75 Å². The Morgan fingerprint density at radius 3 is 2.71 bits per heavy atom. The van der Waals surface area contributed by atoms with Gasteiger partial charge in [0.05, 0.1) is 0 Å². The molecule has 1 aromatic rings. The number of hydrogen-bond acceptors (Lipinski definition) is 3. The number of hydrogen-bond donors (Lipinski definition) is 1. The molecule has 0 radical (unpaired) electrons. The highest BCUT2D eigenvalue weighted by molar-refractivity contribution is 5.85. The molecule has 1 heterocycles. The molecule has 2 rings (SSSR count). The van der Waals surface area contributed by atoms with E-state index in [2.05, 4.69) is 31.7 Å². The molecule has 1 saturated heterocycles. The van der Waals surface area contributed by atoms with Crippen LogP contribution in [0.25, 0.3) is 0 Å². The van der Waals surface area contributed by atoms with Gasteiger partial charge in [-0.25, -0.2) is 0 Å². The summed E-state index contributed by atoms with van der Waals surface area (Å²) in [7, 11) is 0. The van der Waals surface area contributed by atoms with Crippen LogP contribution in [0.5, 0.6) is 5.75 Å². The molecule has 0 aromatic heterocycles. The molecule has 1 aliphatic rings. The Kier molecular flexibility index (Phi) is 7.50. The van der Waals surface area contributed by atoms with Crippen molar-refractivity contribution in [3.63, 3.8) is 0 Å². The van der Waals surface area contributed by atoms with Crippen LogP contribution < -0.4 is 4.74 Å². The van der Waals surface area contributed by atoms with Crippen LogP contribution in [0.4, 0.5) is 0 Å². The molecule has 21 heavy (non-hydrogen) atoms. The third kappa shape index (κ3) is 5.50. The van der Waals surface area contributed by atoms with E-state index in [4.69, 9.17) is 4.74 Å². The molecule has 0 bridgehead atoms. The number of piperidine rings is 1. The van der Waals surface area contributed by atoms with Crippen molar-refractivity contribution in [3.05, 3.63) is 29.3 Å². The Labute approximate surface area is 134 Å². The summed E-state index contributed by atoms with van der Waals surface area (Å²) in [5.41, 5.74) is 2.49. The van der Waals surface area contributed by atoms with Gasteiger partial charge in [-0.1, -0.05) is 12.5 Å². The Hall–Kier alpha value is -0.770. The van der Waals surface area contributed by atoms with E-state index >= 15 is 0 Å². The normalized spacial score (nSPS) is 20.7. The number of rotatable bonds is 5. The van der Waals surface area contributed by atoms with Gasteiger partial charge < -0.3 is 9.84 Å². The van der Waals surface area contributed by atoms with Crippen LogP contribution in [0.1, 0.15) is 37.3 Å². The zero-order chi connectivity index (χ0) is 14.5. The smallest absolute Gasteiger partial charge is 0.119 e. The molecule has 1 fully saturated rings. The molecule has 1 aliphatic heterocycles. The second kappa shape index (κ2) is 8.62. The van der Waals surface area contributed by atoms with Gasteiger partial charge in [-0.15, -0.1) is 12.4 Å². The number of benzene rings is 1. The minimum atomic E-state index is -0.419. The molecule has 1 aromatic carbocycles. The van der Waals surface area contributed by atoms with Crippen molar-refractivity contribution in [2.24, 2.45) is 0 Å². The Morgan fingerprint density at radius 1 is 1.29 bits per heavy atom. The highest BCUT2D eigenvalue weighted by atomic mass is 35.5. The Balaban J connectivity index is 0.00000220. The number of aliphatic hydroxyl groups is 1. The van der Waals surface area contributed by atoms with Crippen molar-refractivity contribution < 1.29 is 9.84 Å². The molecule has 1 N–H and O–H groups in total. The number of β-amino-alcohol motifs (C(OH)–C–C–N with tert-alkyl or cyclic N) is 1. The Bertz CT molecular complexity index is 439. The molecule has 2 atom stereocenters. The first kappa shape index (κ1) is 18.3. The maximum atomic E-state index is 10.1. The fraction of sp³-hybridized carbons (Fsp3) is 0.647. The van der Waals surface area contributed by atoms with Gasteiger partial charge in [0.1, 0.15) is 18.5 Å². The molecular weight excluding hydrogens is 286 g/mol. The molecule has 0 aliphatic carbocycles. The summed E-state index contributed by atoms with van der Waals surface area (Å²) in [6.45, 7) is 8.59. The second-order valence-electron chi connectivity index (χ2n) is 6.05. The quantitative estimate of drug-likeness (QED) is 0.905. The predicted molar refractivity (Wildman–Crippen MR) is 89.6 cm³/mol. The fourth-order valence-corrected chi connectivity index (χ4v) is 2.75. The predicted octanol–water partition coefficient (Wildman–Crippen LogP) is 3.34. The highest BCUT2D eigenvalue weighted by Gasteiger charge is 2.20. The van der Waals surface area contributed by atoms with Crippen molar-refractivity contribution in [1.82, 2.24) is 4.90 Å². The monoisotopic (exact) mass is 313 g/mol. The zero-order valence-electron chi connectivity index (χ0n) is 13.3. The van der Waals surface area contributed by atoms with Gasteiger partial charge in [0.15, 0.2) is 0 Å². The summed E-state index contributed by atoms with van der Waals surface area (Å²) in [4.78, 5) is 2.37. The van der Waals surface area contributed by atoms with Crippen LogP contribution in [0.3, 0.4) is 0 Å². The molecule has 4 heteroatoms. The number of aryl methyl sites for hydroxylation is 2. The standard InChI is InChI=1S/C17H27NO2.ClH/c1-13-7-8-17(10-14(13)2)20-12-16(19)11-18-9-5-4-6-15(18)3;/h7-8,10,15-16,19H,4-6,9,11-12H2,1-3H3;1H. The van der Waals surface area contributed by atoms with Crippen LogP contribution in [0.15, 0.2) is 18.2 Å². The lowest BCUT2D eigenvalue weighted by atomic mass is 10.0. The molecule has 0 amide bonds. The average molecular weight is 314 g/mol. The van der Waals surface area contributed by atoms with E-state index in [0.29, 0.717) is 19.2 Å². The first-order valence-electron chi connectivity index (χ1n) is 7.68. The summed E-state index contributed by atoms with van der Waals surface area (Å²) < 4.78 is 5.70. The van der Waals surface area contributed by atoms with Crippen molar-refractivity contribution in [2.45, 2.75) is 52.2 Å². The van der Waals surface area contributed by atoms with Crippen LogP contribution in [0.2, 0.25) is 0 Å². The third-order valence-electron chi connectivity index (χ3n) is 4.31. The first-order chi connectivity index (χ1) is 9.56. The summed E-state index contributed by atoms with van der Waals surface area (Å²) in [6, 6.07) is 6.65. The largest absolute Gasteiger partial charge is 0.491 e. The van der Waals surface area contributed by atoms with Crippen LogP contribution in [-0.4, -0.2) is 41.8 Å². The maximum absolute atomic E-state index is 10.1. The minimum Gasteiger partial charge on any atom is -0.491 e. The number of likely N-dealkylation sites (tertiary alicyclic amines) is 1. The molecular formula is C17H28ClNO2. The molecule has 0 spiro atoms. The highest BCUT2D eigenvalue weighted by Crippen LogP contribution is 2.18. The van der Waals surface area contributed by atoms with Gasteiger partial charge in [-0.05, 0) is 63.4 Å². The molecule has 0 saturated carbocycles. The van der Waals surface area contributed by atoms with E-state index in [1.165, 1.54) is 30.4 Å². The van der Waals surface area contributed by atoms with Crippen LogP contribution in [-0.2, 0) is 0 Å². The lowest BCUT2D eigenvalue weighted by Gasteiger charge is -2.34. The van der Waals surface area contributed by atoms with Crippen molar-refractivity contribution in [1.29, 1.82) is 0 Å². The van der Waals surface area contributed by atoms with Gasteiger partial charge in [-0.2, -0.15) is 0 Å². The van der Waals surface area contributed by atoms with Gasteiger partial charge in [0.2, 0.25) is 0 Å². The van der Waals surface area contributed by atoms with E-state index in [1.807, 2.05) is 12.1 Å². The molecule has 3 nitrogen and oxygen atoms in total. The van der Waals surface area contributed by atoms with Gasteiger partial charge in [0.25, 0.3) is 0 Å². The van der Waals surface area contributed by atoms with Crippen LogP contribution >= 0.6 is 12.4 Å². The van der Waals surface area contributed by atoms with Crippen molar-refractivity contribution >= 4 is 12.4 Å². The van der Waals surface area contributed by atoms with Gasteiger partial charge in [-0.3, -0.25) is 4.90 Å². The average Bonchev–Trinajstić information content (AvgIpc) is 2.43. The second-order valence-corrected chi connectivity index (χ2v) is 6.05. The SMILES string of the molecule is Cc1ccc(OCC(O)CN2CCCCC2C)cc1C.Cl. The number of aliphatic hydroxyl groups excluding tert-OH is 1. The van der Waals surface area contributed by atoms with E-state index < -0.39 is 6.10 Å². The van der Waals surface area contributed by atoms with Gasteiger partial charge in [0, 0.05) is 12.6 Å². The zero-order valence-corrected chi connectivity index (χ0v) is 14.2. The Morgan fingerprint density at radius 2 is 2.05 bits per heavy atom. The van der Waals surface area contributed by atoms with Gasteiger partial charge >= 0.3 is 0 Å². The lowest BCUT2D eigenvalue weighted by molar-refractivity contribution is 0.0437.